The van der Waals surface area contributed by atoms with Gasteiger partial charge in [0.2, 0.25) is 5.91 Å². The molecule has 19 heavy (non-hydrogen) atoms. The van der Waals surface area contributed by atoms with Crippen molar-refractivity contribution < 1.29 is 14.7 Å². The van der Waals surface area contributed by atoms with Crippen LogP contribution in [0.1, 0.15) is 30.6 Å². The van der Waals surface area contributed by atoms with Crippen molar-refractivity contribution in [2.75, 3.05) is 5.32 Å². The minimum atomic E-state index is -1.08. The third-order valence-electron chi connectivity index (χ3n) is 2.53. The highest BCUT2D eigenvalue weighted by atomic mass is 35.5. The van der Waals surface area contributed by atoms with Crippen molar-refractivity contribution in [2.24, 2.45) is 11.7 Å². The number of hydrogen-bond donors (Lipinski definition) is 3. The summed E-state index contributed by atoms with van der Waals surface area (Å²) in [6, 6.07) is 3.46. The lowest BCUT2D eigenvalue weighted by Crippen LogP contribution is -2.36. The highest BCUT2D eigenvalue weighted by Crippen LogP contribution is 2.23. The lowest BCUT2D eigenvalue weighted by molar-refractivity contribution is -0.117. The van der Waals surface area contributed by atoms with Crippen LogP contribution < -0.4 is 11.1 Å². The Balaban J connectivity index is 2.84. The summed E-state index contributed by atoms with van der Waals surface area (Å²) in [6.07, 6.45) is 0.544. The molecule has 0 saturated carbocycles. The number of carbonyl (C=O) groups is 2. The quantitative estimate of drug-likeness (QED) is 0.774. The Hall–Kier alpha value is -1.59. The average molecular weight is 285 g/mol. The van der Waals surface area contributed by atoms with Crippen molar-refractivity contribution in [3.05, 3.63) is 28.8 Å². The number of nitrogens with two attached hydrogens (primary N) is 1. The fourth-order valence-electron chi connectivity index (χ4n) is 1.59. The maximum atomic E-state index is 11.8. The predicted octanol–water partition coefficient (Wildman–Crippen LogP) is 2.35. The van der Waals surface area contributed by atoms with Crippen LogP contribution in [-0.4, -0.2) is 23.0 Å². The summed E-state index contributed by atoms with van der Waals surface area (Å²) in [5, 5.41) is 11.7. The third kappa shape index (κ3) is 4.54. The van der Waals surface area contributed by atoms with Crippen LogP contribution in [0.25, 0.3) is 0 Å². The number of carboxylic acids is 1. The second-order valence-electron chi connectivity index (χ2n) is 4.73. The molecule has 0 heterocycles. The largest absolute Gasteiger partial charge is 0.478 e. The first kappa shape index (κ1) is 15.5. The van der Waals surface area contributed by atoms with Gasteiger partial charge >= 0.3 is 5.97 Å². The monoisotopic (exact) mass is 284 g/mol. The maximum absolute atomic E-state index is 11.8. The van der Waals surface area contributed by atoms with Crippen molar-refractivity contribution in [3.8, 4) is 0 Å². The molecule has 0 unspecified atom stereocenters. The number of halogens is 1. The van der Waals surface area contributed by atoms with Crippen molar-refractivity contribution in [2.45, 2.75) is 26.3 Å². The standard InChI is InChI=1S/C13H17ClN2O3/c1-7(2)5-10(15)12(17)16-11-6-8(13(18)19)3-4-9(11)14/h3-4,6-7,10H,5,15H2,1-2H3,(H,16,17)(H,18,19)/t10-/m0/s1. The second kappa shape index (κ2) is 6.54. The molecular formula is C13H17ClN2O3. The van der Waals surface area contributed by atoms with E-state index in [9.17, 15) is 9.59 Å². The molecule has 1 aromatic rings. The van der Waals surface area contributed by atoms with Gasteiger partial charge in [0.25, 0.3) is 0 Å². The van der Waals surface area contributed by atoms with Gasteiger partial charge < -0.3 is 16.2 Å². The van der Waals surface area contributed by atoms with Crippen molar-refractivity contribution in [3.63, 3.8) is 0 Å². The first-order valence-electron chi connectivity index (χ1n) is 5.90. The van der Waals surface area contributed by atoms with Gasteiger partial charge in [0, 0.05) is 0 Å². The summed E-state index contributed by atoms with van der Waals surface area (Å²) < 4.78 is 0. The molecule has 0 aliphatic heterocycles. The lowest BCUT2D eigenvalue weighted by atomic mass is 10.0. The molecule has 104 valence electrons. The molecule has 0 fully saturated rings. The minimum absolute atomic E-state index is 0.0529. The van der Waals surface area contributed by atoms with Crippen LogP contribution >= 0.6 is 11.6 Å². The number of carboxylic acid groups (broad SMARTS) is 1. The molecule has 6 heteroatoms. The lowest BCUT2D eigenvalue weighted by Gasteiger charge is -2.15. The van der Waals surface area contributed by atoms with Crippen LogP contribution in [0.3, 0.4) is 0 Å². The zero-order valence-corrected chi connectivity index (χ0v) is 11.6. The van der Waals surface area contributed by atoms with E-state index in [0.717, 1.165) is 0 Å². The molecule has 0 radical (unpaired) electrons. The minimum Gasteiger partial charge on any atom is -0.478 e. The normalized spacial score (nSPS) is 12.3. The Bertz CT molecular complexity index is 489. The summed E-state index contributed by atoms with van der Waals surface area (Å²) in [7, 11) is 0. The van der Waals surface area contributed by atoms with Gasteiger partial charge in [-0.1, -0.05) is 25.4 Å². The molecule has 0 spiro atoms. The molecule has 0 aromatic heterocycles. The first-order chi connectivity index (χ1) is 8.81. The van der Waals surface area contributed by atoms with Gasteiger partial charge in [-0.15, -0.1) is 0 Å². The van der Waals surface area contributed by atoms with E-state index in [4.69, 9.17) is 22.4 Å². The van der Waals surface area contributed by atoms with E-state index in [0.29, 0.717) is 12.3 Å². The Kier molecular flexibility index (Phi) is 5.32. The topological polar surface area (TPSA) is 92.4 Å². The fraction of sp³-hybridized carbons (Fsp3) is 0.385. The van der Waals surface area contributed by atoms with E-state index >= 15 is 0 Å². The number of aromatic carboxylic acids is 1. The number of carbonyl (C=O) groups excluding carboxylic acids is 1. The van der Waals surface area contributed by atoms with E-state index in [2.05, 4.69) is 5.32 Å². The predicted molar refractivity (Wildman–Crippen MR) is 74.5 cm³/mol. The Morgan fingerprint density at radius 2 is 2.05 bits per heavy atom. The van der Waals surface area contributed by atoms with Crippen LogP contribution in [-0.2, 0) is 4.79 Å². The number of hydrogen-bond acceptors (Lipinski definition) is 3. The van der Waals surface area contributed by atoms with Crippen LogP contribution in [0.4, 0.5) is 5.69 Å². The van der Waals surface area contributed by atoms with Crippen molar-refractivity contribution in [1.82, 2.24) is 0 Å². The zero-order valence-electron chi connectivity index (χ0n) is 10.8. The van der Waals surface area contributed by atoms with Gasteiger partial charge in [-0.05, 0) is 30.5 Å². The third-order valence-corrected chi connectivity index (χ3v) is 2.86. The molecule has 1 atom stereocenters. The fourth-order valence-corrected chi connectivity index (χ4v) is 1.76. The van der Waals surface area contributed by atoms with E-state index in [-0.39, 0.29) is 22.2 Å². The highest BCUT2D eigenvalue weighted by molar-refractivity contribution is 6.33. The Morgan fingerprint density at radius 1 is 1.42 bits per heavy atom. The number of benzene rings is 1. The van der Waals surface area contributed by atoms with E-state index in [1.165, 1.54) is 18.2 Å². The van der Waals surface area contributed by atoms with Gasteiger partial charge in [-0.25, -0.2) is 4.79 Å². The molecule has 4 N–H and O–H groups in total. The molecular weight excluding hydrogens is 268 g/mol. The van der Waals surface area contributed by atoms with Gasteiger partial charge in [0.05, 0.1) is 22.3 Å². The van der Waals surface area contributed by atoms with E-state index in [1.54, 1.807) is 0 Å². The number of nitrogens with one attached hydrogen (secondary N) is 1. The van der Waals surface area contributed by atoms with Crippen molar-refractivity contribution >= 4 is 29.2 Å². The molecule has 1 aromatic carbocycles. The maximum Gasteiger partial charge on any atom is 0.335 e. The Labute approximate surface area is 116 Å². The van der Waals surface area contributed by atoms with Gasteiger partial charge in [0.15, 0.2) is 0 Å². The molecule has 5 nitrogen and oxygen atoms in total. The van der Waals surface area contributed by atoms with Gasteiger partial charge in [-0.2, -0.15) is 0 Å². The van der Waals surface area contributed by atoms with Gasteiger partial charge in [0.1, 0.15) is 0 Å². The number of amides is 1. The van der Waals surface area contributed by atoms with E-state index < -0.39 is 12.0 Å². The number of rotatable bonds is 5. The second-order valence-corrected chi connectivity index (χ2v) is 5.13. The van der Waals surface area contributed by atoms with E-state index in [1.807, 2.05) is 13.8 Å². The molecule has 0 saturated heterocycles. The summed E-state index contributed by atoms with van der Waals surface area (Å²) in [5.74, 6) is -1.17. The zero-order chi connectivity index (χ0) is 14.6. The van der Waals surface area contributed by atoms with Crippen LogP contribution in [0.5, 0.6) is 0 Å². The van der Waals surface area contributed by atoms with Crippen molar-refractivity contribution in [1.29, 1.82) is 0 Å². The van der Waals surface area contributed by atoms with Gasteiger partial charge in [-0.3, -0.25) is 4.79 Å². The highest BCUT2D eigenvalue weighted by Gasteiger charge is 2.17. The SMILES string of the molecule is CC(C)C[C@H](N)C(=O)Nc1cc(C(=O)O)ccc1Cl. The molecule has 0 bridgehead atoms. The Morgan fingerprint density at radius 3 is 2.58 bits per heavy atom. The molecule has 1 amide bonds. The van der Waals surface area contributed by atoms with Crippen LogP contribution in [0.2, 0.25) is 5.02 Å². The average Bonchev–Trinajstić information content (AvgIpc) is 2.30. The summed E-state index contributed by atoms with van der Waals surface area (Å²) in [4.78, 5) is 22.7. The molecule has 0 aliphatic carbocycles. The van der Waals surface area contributed by atoms with Crippen LogP contribution in [0.15, 0.2) is 18.2 Å². The van der Waals surface area contributed by atoms with Crippen LogP contribution in [0, 0.1) is 5.92 Å². The summed E-state index contributed by atoms with van der Waals surface area (Å²) in [5.41, 5.74) is 6.05. The summed E-state index contributed by atoms with van der Waals surface area (Å²) >= 11 is 5.91. The molecule has 0 aliphatic rings. The number of anilines is 1. The smallest absolute Gasteiger partial charge is 0.335 e. The first-order valence-corrected chi connectivity index (χ1v) is 6.28. The summed E-state index contributed by atoms with van der Waals surface area (Å²) in [6.45, 7) is 3.93. The molecule has 1 rings (SSSR count).